The first kappa shape index (κ1) is 11.2. The van der Waals surface area contributed by atoms with E-state index in [1.807, 2.05) is 30.3 Å². The monoisotopic (exact) mass is 202 g/mol. The van der Waals surface area contributed by atoms with E-state index in [4.69, 9.17) is 4.74 Å². The molecule has 0 heterocycles. The van der Waals surface area contributed by atoms with Crippen molar-refractivity contribution in [3.8, 4) is 0 Å². The van der Waals surface area contributed by atoms with Gasteiger partial charge in [0, 0.05) is 12.0 Å². The molecule has 2 nitrogen and oxygen atoms in total. The van der Waals surface area contributed by atoms with E-state index in [2.05, 4.69) is 13.2 Å². The zero-order valence-corrected chi connectivity index (χ0v) is 8.82. The Balaban J connectivity index is 2.56. The van der Waals surface area contributed by atoms with Gasteiger partial charge in [0.2, 0.25) is 0 Å². The van der Waals surface area contributed by atoms with Crippen molar-refractivity contribution in [2.24, 2.45) is 0 Å². The Morgan fingerprint density at radius 2 is 1.87 bits per heavy atom. The molecule has 0 saturated carbocycles. The number of benzene rings is 1. The SMILES string of the molecule is C=C(C)OC(=O)C(=C)Cc1ccccc1. The first-order valence-corrected chi connectivity index (χ1v) is 4.69. The summed E-state index contributed by atoms with van der Waals surface area (Å²) < 4.78 is 4.85. The Labute approximate surface area is 89.9 Å². The Bertz CT molecular complexity index is 377. The summed E-state index contributed by atoms with van der Waals surface area (Å²) in [5.41, 5.74) is 1.48. The van der Waals surface area contributed by atoms with Crippen LogP contribution in [0.1, 0.15) is 12.5 Å². The van der Waals surface area contributed by atoms with Crippen LogP contribution in [-0.4, -0.2) is 5.97 Å². The molecule has 0 spiro atoms. The molecule has 2 heteroatoms. The van der Waals surface area contributed by atoms with E-state index in [1.54, 1.807) is 6.92 Å². The molecule has 0 bridgehead atoms. The molecule has 1 rings (SSSR count). The van der Waals surface area contributed by atoms with Crippen LogP contribution in [0.25, 0.3) is 0 Å². The molecule has 0 aliphatic heterocycles. The summed E-state index contributed by atoms with van der Waals surface area (Å²) in [4.78, 5) is 11.4. The predicted molar refractivity (Wildman–Crippen MR) is 60.2 cm³/mol. The third-order valence-electron chi connectivity index (χ3n) is 1.82. The van der Waals surface area contributed by atoms with E-state index in [-0.39, 0.29) is 0 Å². The fraction of sp³-hybridized carbons (Fsp3) is 0.154. The molecular formula is C13H14O2. The van der Waals surface area contributed by atoms with E-state index >= 15 is 0 Å². The zero-order valence-electron chi connectivity index (χ0n) is 8.82. The molecule has 0 fully saturated rings. The second-order valence-corrected chi connectivity index (χ2v) is 3.36. The largest absolute Gasteiger partial charge is 0.429 e. The number of allylic oxidation sites excluding steroid dienone is 1. The van der Waals surface area contributed by atoms with Gasteiger partial charge < -0.3 is 4.74 Å². The molecule has 0 aliphatic carbocycles. The fourth-order valence-electron chi connectivity index (χ4n) is 1.14. The van der Waals surface area contributed by atoms with Crippen molar-refractivity contribution in [2.45, 2.75) is 13.3 Å². The van der Waals surface area contributed by atoms with E-state index in [9.17, 15) is 4.79 Å². The molecule has 0 atom stereocenters. The molecule has 0 saturated heterocycles. The minimum atomic E-state index is -0.411. The van der Waals surface area contributed by atoms with Crippen LogP contribution in [0.3, 0.4) is 0 Å². The van der Waals surface area contributed by atoms with E-state index < -0.39 is 5.97 Å². The van der Waals surface area contributed by atoms with Crippen LogP contribution in [0.2, 0.25) is 0 Å². The Morgan fingerprint density at radius 1 is 1.27 bits per heavy atom. The van der Waals surface area contributed by atoms with Gasteiger partial charge in [0.25, 0.3) is 0 Å². The third kappa shape index (κ3) is 3.81. The zero-order chi connectivity index (χ0) is 11.3. The van der Waals surface area contributed by atoms with Crippen LogP contribution in [0, 0.1) is 0 Å². The minimum absolute atomic E-state index is 0.384. The summed E-state index contributed by atoms with van der Waals surface area (Å²) in [6, 6.07) is 9.66. The van der Waals surface area contributed by atoms with Crippen LogP contribution in [0.4, 0.5) is 0 Å². The van der Waals surface area contributed by atoms with Crippen molar-refractivity contribution in [1.29, 1.82) is 0 Å². The lowest BCUT2D eigenvalue weighted by Gasteiger charge is -2.05. The number of rotatable bonds is 4. The molecule has 0 aromatic heterocycles. The normalized spacial score (nSPS) is 9.40. The number of carbonyl (C=O) groups excluding carboxylic acids is 1. The van der Waals surface area contributed by atoms with Crippen LogP contribution in [-0.2, 0) is 16.0 Å². The fourth-order valence-corrected chi connectivity index (χ4v) is 1.14. The highest BCUT2D eigenvalue weighted by molar-refractivity contribution is 5.88. The highest BCUT2D eigenvalue weighted by Gasteiger charge is 2.09. The first-order chi connectivity index (χ1) is 7.09. The van der Waals surface area contributed by atoms with Crippen LogP contribution in [0.15, 0.2) is 54.8 Å². The third-order valence-corrected chi connectivity index (χ3v) is 1.82. The van der Waals surface area contributed by atoms with Crippen molar-refractivity contribution < 1.29 is 9.53 Å². The van der Waals surface area contributed by atoms with E-state index in [0.717, 1.165) is 5.56 Å². The van der Waals surface area contributed by atoms with Crippen molar-refractivity contribution in [1.82, 2.24) is 0 Å². The molecule has 0 amide bonds. The molecule has 0 N–H and O–H groups in total. The number of esters is 1. The van der Waals surface area contributed by atoms with Gasteiger partial charge in [0.1, 0.15) is 0 Å². The topological polar surface area (TPSA) is 26.3 Å². The van der Waals surface area contributed by atoms with Gasteiger partial charge in [-0.15, -0.1) is 0 Å². The second-order valence-electron chi connectivity index (χ2n) is 3.36. The molecule has 1 aromatic rings. The summed E-state index contributed by atoms with van der Waals surface area (Å²) >= 11 is 0. The number of carbonyl (C=O) groups is 1. The summed E-state index contributed by atoms with van der Waals surface area (Å²) in [5.74, 6) is -0.0273. The van der Waals surface area contributed by atoms with Gasteiger partial charge in [-0.2, -0.15) is 0 Å². The summed E-state index contributed by atoms with van der Waals surface area (Å²) in [7, 11) is 0. The Hall–Kier alpha value is -1.83. The molecule has 1 aromatic carbocycles. The van der Waals surface area contributed by atoms with Crippen molar-refractivity contribution >= 4 is 5.97 Å². The smallest absolute Gasteiger partial charge is 0.338 e. The van der Waals surface area contributed by atoms with E-state index in [1.165, 1.54) is 0 Å². The molecule has 78 valence electrons. The quantitative estimate of drug-likeness (QED) is 0.426. The summed E-state index contributed by atoms with van der Waals surface area (Å²) in [6.45, 7) is 8.82. The van der Waals surface area contributed by atoms with E-state index in [0.29, 0.717) is 17.8 Å². The maximum absolute atomic E-state index is 11.4. The van der Waals surface area contributed by atoms with Gasteiger partial charge in [-0.05, 0) is 12.5 Å². The lowest BCUT2D eigenvalue weighted by atomic mass is 10.1. The Morgan fingerprint density at radius 3 is 2.40 bits per heavy atom. The van der Waals surface area contributed by atoms with Crippen molar-refractivity contribution in [2.75, 3.05) is 0 Å². The van der Waals surface area contributed by atoms with Crippen molar-refractivity contribution in [3.05, 3.63) is 60.4 Å². The lowest BCUT2D eigenvalue weighted by Crippen LogP contribution is -2.07. The van der Waals surface area contributed by atoms with Gasteiger partial charge in [-0.1, -0.05) is 43.5 Å². The average molecular weight is 202 g/mol. The van der Waals surface area contributed by atoms with Gasteiger partial charge in [-0.25, -0.2) is 4.79 Å². The van der Waals surface area contributed by atoms with Gasteiger partial charge >= 0.3 is 5.97 Å². The molecule has 0 radical (unpaired) electrons. The number of hydrogen-bond acceptors (Lipinski definition) is 2. The standard InChI is InChI=1S/C13H14O2/c1-10(2)15-13(14)11(3)9-12-7-5-4-6-8-12/h4-8H,1,3,9H2,2H3. The Kier molecular flexibility index (Phi) is 3.86. The lowest BCUT2D eigenvalue weighted by molar-refractivity contribution is -0.134. The molecule has 0 unspecified atom stereocenters. The highest BCUT2D eigenvalue weighted by atomic mass is 16.5. The van der Waals surface area contributed by atoms with Gasteiger partial charge in [-0.3, -0.25) is 0 Å². The average Bonchev–Trinajstić information content (AvgIpc) is 2.18. The van der Waals surface area contributed by atoms with Gasteiger partial charge in [0.15, 0.2) is 0 Å². The minimum Gasteiger partial charge on any atom is -0.429 e. The summed E-state index contributed by atoms with van der Waals surface area (Å²) in [5, 5.41) is 0. The van der Waals surface area contributed by atoms with Gasteiger partial charge in [0.05, 0.1) is 5.76 Å². The first-order valence-electron chi connectivity index (χ1n) is 4.69. The van der Waals surface area contributed by atoms with Crippen LogP contribution < -0.4 is 0 Å². The molecule has 15 heavy (non-hydrogen) atoms. The second kappa shape index (κ2) is 5.15. The maximum Gasteiger partial charge on any atom is 0.338 e. The van der Waals surface area contributed by atoms with Crippen LogP contribution in [0.5, 0.6) is 0 Å². The predicted octanol–water partition coefficient (Wildman–Crippen LogP) is 2.86. The number of ether oxygens (including phenoxy) is 1. The van der Waals surface area contributed by atoms with Crippen molar-refractivity contribution in [3.63, 3.8) is 0 Å². The molecular weight excluding hydrogens is 188 g/mol. The molecule has 0 aliphatic rings. The number of hydrogen-bond donors (Lipinski definition) is 0. The highest BCUT2D eigenvalue weighted by Crippen LogP contribution is 2.08. The summed E-state index contributed by atoms with van der Waals surface area (Å²) in [6.07, 6.45) is 0.507. The maximum atomic E-state index is 11.4. The van der Waals surface area contributed by atoms with Crippen LogP contribution >= 0.6 is 0 Å².